The second kappa shape index (κ2) is 36.3. The molecule has 0 bridgehead atoms. The van der Waals surface area contributed by atoms with E-state index in [4.69, 9.17) is 10.2 Å². The topological polar surface area (TPSA) is 74.6 Å². The molecule has 0 heterocycles. The predicted octanol–water partition coefficient (Wildman–Crippen LogP) is 9.55. The van der Waals surface area contributed by atoms with Gasteiger partial charge >= 0.3 is 55.8 Å². The summed E-state index contributed by atoms with van der Waals surface area (Å²) in [6, 6.07) is 0. The Morgan fingerprint density at radius 3 is 0.879 bits per heavy atom. The van der Waals surface area contributed by atoms with Crippen LogP contribution < -0.4 is 0 Å². The van der Waals surface area contributed by atoms with Gasteiger partial charge in [0.2, 0.25) is 0 Å². The molecule has 2 N–H and O–H groups in total. The van der Waals surface area contributed by atoms with Crippen LogP contribution in [0.5, 0.6) is 0 Å². The van der Waals surface area contributed by atoms with Crippen LogP contribution in [0.4, 0.5) is 0 Å². The Morgan fingerprint density at radius 2 is 0.697 bits per heavy atom. The summed E-state index contributed by atoms with van der Waals surface area (Å²) in [5.74, 6) is -1.32. The van der Waals surface area contributed by atoms with Crippen molar-refractivity contribution in [2.75, 3.05) is 0 Å². The average molecular weight is 577 g/mol. The molecule has 0 spiro atoms. The second-order valence-electron chi connectivity index (χ2n) is 8.90. The van der Waals surface area contributed by atoms with Gasteiger partial charge in [-0.3, -0.25) is 9.59 Å². The molecule has 0 aromatic heterocycles. The Morgan fingerprint density at radius 1 is 0.455 bits per heavy atom. The maximum absolute atomic E-state index is 10.2. The maximum atomic E-state index is 10.2. The van der Waals surface area contributed by atoms with E-state index in [1.165, 1.54) is 98.8 Å². The molecule has 0 rings (SSSR count). The van der Waals surface area contributed by atoms with Crippen LogP contribution >= 0.6 is 0 Å². The summed E-state index contributed by atoms with van der Waals surface area (Å²) in [5.41, 5.74) is 0. The Kier molecular flexibility index (Phi) is 41.0. The quantitative estimate of drug-likeness (QED) is 0.0993. The van der Waals surface area contributed by atoms with E-state index in [-0.39, 0.29) is 21.1 Å². The van der Waals surface area contributed by atoms with Gasteiger partial charge in [-0.25, -0.2) is 0 Å². The van der Waals surface area contributed by atoms with E-state index in [0.717, 1.165) is 25.7 Å². The van der Waals surface area contributed by atoms with Gasteiger partial charge in [0.25, 0.3) is 0 Å². The van der Waals surface area contributed by atoms with Gasteiger partial charge in [0.05, 0.1) is 0 Å². The number of carboxylic acid groups (broad SMARTS) is 2. The predicted molar refractivity (Wildman–Crippen MR) is 146 cm³/mol. The minimum absolute atomic E-state index is 0.218. The normalized spacial score (nSPS) is 10.1. The van der Waals surface area contributed by atoms with E-state index in [9.17, 15) is 9.59 Å². The molecule has 0 aliphatic rings. The number of rotatable bonds is 22. The first-order valence-electron chi connectivity index (χ1n) is 14.1. The van der Waals surface area contributed by atoms with E-state index >= 15 is 0 Å². The Bertz CT molecular complexity index is 341. The van der Waals surface area contributed by atoms with E-state index < -0.39 is 11.9 Å². The molecule has 0 unspecified atom stereocenters. The van der Waals surface area contributed by atoms with Crippen LogP contribution in [0.25, 0.3) is 0 Å². The first-order valence-corrected chi connectivity index (χ1v) is 18.1. The fourth-order valence-electron chi connectivity index (χ4n) is 3.42. The fourth-order valence-corrected chi connectivity index (χ4v) is 4.85. The second-order valence-corrected chi connectivity index (χ2v) is 14.4. The molecular weight excluding hydrogens is 519 g/mol. The molecular formula is C28H58O4Sn. The molecule has 0 saturated carbocycles. The van der Waals surface area contributed by atoms with Crippen LogP contribution in [-0.4, -0.2) is 43.3 Å². The van der Waals surface area contributed by atoms with E-state index in [2.05, 4.69) is 27.7 Å². The SMILES string of the molecule is CCCCCCCCCCCC(=O)O.CCCCCCCCCCCC(=O)O.C[CH2][Sn][CH2]C. The average Bonchev–Trinajstić information content (AvgIpc) is 2.78. The van der Waals surface area contributed by atoms with Crippen molar-refractivity contribution in [1.29, 1.82) is 0 Å². The molecule has 5 heteroatoms. The van der Waals surface area contributed by atoms with Crippen molar-refractivity contribution >= 4 is 33.1 Å². The molecule has 0 amide bonds. The van der Waals surface area contributed by atoms with Crippen LogP contribution in [0.3, 0.4) is 0 Å². The summed E-state index contributed by atoms with van der Waals surface area (Å²) in [6.07, 6.45) is 23.0. The number of aliphatic carboxylic acids is 2. The summed E-state index contributed by atoms with van der Waals surface area (Å²) in [6.45, 7) is 9.03. The van der Waals surface area contributed by atoms with Crippen molar-refractivity contribution in [2.45, 2.75) is 165 Å². The van der Waals surface area contributed by atoms with Crippen molar-refractivity contribution in [1.82, 2.24) is 0 Å². The molecule has 0 fully saturated rings. The third-order valence-corrected chi connectivity index (χ3v) is 8.34. The Hall–Kier alpha value is -0.261. The first kappa shape index (κ1) is 37.3. The van der Waals surface area contributed by atoms with Crippen molar-refractivity contribution < 1.29 is 19.8 Å². The molecule has 4 nitrogen and oxygen atoms in total. The zero-order chi connectivity index (χ0) is 25.4. The fraction of sp³-hybridized carbons (Fsp3) is 0.929. The molecule has 0 aromatic rings. The van der Waals surface area contributed by atoms with Crippen molar-refractivity contribution in [3.8, 4) is 0 Å². The number of carbonyl (C=O) groups is 2. The Labute approximate surface area is 217 Å². The zero-order valence-corrected chi connectivity index (χ0v) is 25.6. The van der Waals surface area contributed by atoms with E-state index in [1.807, 2.05) is 0 Å². The molecule has 2 radical (unpaired) electrons. The monoisotopic (exact) mass is 578 g/mol. The standard InChI is InChI=1S/2C12H24O2.2C2H5.Sn/c2*1-2-3-4-5-6-7-8-9-10-11-12(13)14;2*1-2;/h2*2-11H2,1H3,(H,13,14);2*1H2,2H3;. The minimum atomic E-state index is -0.659. The van der Waals surface area contributed by atoms with Crippen molar-refractivity contribution in [3.05, 3.63) is 0 Å². The third-order valence-electron chi connectivity index (χ3n) is 5.49. The number of hydrogen-bond donors (Lipinski definition) is 2. The van der Waals surface area contributed by atoms with Gasteiger partial charge in [-0.2, -0.15) is 0 Å². The first-order chi connectivity index (χ1) is 16.0. The van der Waals surface area contributed by atoms with Gasteiger partial charge in [0, 0.05) is 12.8 Å². The molecule has 198 valence electrons. The molecule has 0 aliphatic heterocycles. The number of carboxylic acids is 2. The summed E-state index contributed by atoms with van der Waals surface area (Å²) >= 11 is 0.218. The van der Waals surface area contributed by atoms with Gasteiger partial charge in [-0.05, 0) is 12.8 Å². The zero-order valence-electron chi connectivity index (χ0n) is 22.8. The summed E-state index contributed by atoms with van der Waals surface area (Å²) < 4.78 is 3.03. The van der Waals surface area contributed by atoms with Crippen molar-refractivity contribution in [2.24, 2.45) is 0 Å². The van der Waals surface area contributed by atoms with E-state index in [0.29, 0.717) is 12.8 Å². The van der Waals surface area contributed by atoms with Gasteiger partial charge < -0.3 is 10.2 Å². The summed E-state index contributed by atoms with van der Waals surface area (Å²) in [7, 11) is 0. The van der Waals surface area contributed by atoms with Crippen LogP contribution in [0, 0.1) is 0 Å². The molecule has 0 saturated heterocycles. The molecule has 33 heavy (non-hydrogen) atoms. The molecule has 0 atom stereocenters. The van der Waals surface area contributed by atoms with Crippen LogP contribution in [-0.2, 0) is 9.59 Å². The molecule has 0 aliphatic carbocycles. The van der Waals surface area contributed by atoms with Crippen LogP contribution in [0.1, 0.15) is 156 Å². The van der Waals surface area contributed by atoms with Crippen LogP contribution in [0.2, 0.25) is 8.87 Å². The van der Waals surface area contributed by atoms with E-state index in [1.54, 1.807) is 0 Å². The number of hydrogen-bond acceptors (Lipinski definition) is 2. The number of unbranched alkanes of at least 4 members (excludes halogenated alkanes) is 16. The Balaban J connectivity index is -0.000000453. The van der Waals surface area contributed by atoms with Gasteiger partial charge in [0.1, 0.15) is 0 Å². The third kappa shape index (κ3) is 49.8. The summed E-state index contributed by atoms with van der Waals surface area (Å²) in [4.78, 5) is 20.4. The van der Waals surface area contributed by atoms with Gasteiger partial charge in [0.15, 0.2) is 0 Å². The van der Waals surface area contributed by atoms with Gasteiger partial charge in [-0.15, -0.1) is 0 Å². The molecule has 0 aromatic carbocycles. The van der Waals surface area contributed by atoms with Crippen molar-refractivity contribution in [3.63, 3.8) is 0 Å². The van der Waals surface area contributed by atoms with Crippen LogP contribution in [0.15, 0.2) is 0 Å². The van der Waals surface area contributed by atoms with Gasteiger partial charge in [-0.1, -0.05) is 117 Å². The summed E-state index contributed by atoms with van der Waals surface area (Å²) in [5, 5.41) is 16.8.